The molecule has 3 unspecified atom stereocenters. The second-order valence-electron chi connectivity index (χ2n) is 8.00. The van der Waals surface area contributed by atoms with Crippen molar-refractivity contribution >= 4 is 12.1 Å². The van der Waals surface area contributed by atoms with Crippen molar-refractivity contribution < 1.29 is 23.8 Å². The maximum atomic E-state index is 12.5. The summed E-state index contributed by atoms with van der Waals surface area (Å²) in [4.78, 5) is 28.2. The number of nitrogens with zero attached hydrogens (tertiary/aromatic N) is 2. The third-order valence-corrected chi connectivity index (χ3v) is 5.70. The number of nitrogens with two attached hydrogens (primary N) is 1. The highest BCUT2D eigenvalue weighted by Gasteiger charge is 2.38. The fourth-order valence-corrected chi connectivity index (χ4v) is 4.05. The Morgan fingerprint density at radius 2 is 2.00 bits per heavy atom. The molecule has 0 aliphatic carbocycles. The molecule has 2 aliphatic heterocycles. The first-order valence-corrected chi connectivity index (χ1v) is 11.0. The van der Waals surface area contributed by atoms with Crippen molar-refractivity contribution in [2.24, 2.45) is 5.73 Å². The summed E-state index contributed by atoms with van der Waals surface area (Å²) >= 11 is 0. The molecule has 1 aromatic rings. The molecule has 2 fully saturated rings. The Morgan fingerprint density at radius 1 is 1.29 bits per heavy atom. The lowest BCUT2D eigenvalue weighted by Gasteiger charge is -2.38. The van der Waals surface area contributed by atoms with Crippen molar-refractivity contribution in [3.63, 3.8) is 0 Å². The molecule has 9 heteroatoms. The van der Waals surface area contributed by atoms with Crippen LogP contribution in [0.25, 0.3) is 0 Å². The number of benzene rings is 1. The molecule has 3 rings (SSSR count). The summed E-state index contributed by atoms with van der Waals surface area (Å²) in [5, 5.41) is 3.36. The minimum atomic E-state index is -0.688. The first kappa shape index (κ1) is 23.3. The quantitative estimate of drug-likeness (QED) is 0.525. The Kier molecular flexibility index (Phi) is 8.51. The molecule has 0 aromatic heterocycles. The highest BCUT2D eigenvalue weighted by molar-refractivity contribution is 5.75. The smallest absolute Gasteiger partial charge is 0.411 e. The Morgan fingerprint density at radius 3 is 2.65 bits per heavy atom. The van der Waals surface area contributed by atoms with Gasteiger partial charge in [0.25, 0.3) is 0 Å². The second-order valence-corrected chi connectivity index (χ2v) is 8.00. The van der Waals surface area contributed by atoms with Crippen LogP contribution in [0.1, 0.15) is 25.3 Å². The zero-order chi connectivity index (χ0) is 22.2. The van der Waals surface area contributed by atoms with Gasteiger partial charge in [0, 0.05) is 26.2 Å². The number of hydrogen-bond donors (Lipinski definition) is 2. The molecule has 9 nitrogen and oxygen atoms in total. The summed E-state index contributed by atoms with van der Waals surface area (Å²) < 4.78 is 16.1. The monoisotopic (exact) mass is 434 g/mol. The first-order chi connectivity index (χ1) is 15.0. The third kappa shape index (κ3) is 6.32. The first-order valence-electron chi connectivity index (χ1n) is 11.0. The maximum absolute atomic E-state index is 12.5. The van der Waals surface area contributed by atoms with Crippen LogP contribution in [-0.2, 0) is 20.7 Å². The molecule has 0 spiro atoms. The summed E-state index contributed by atoms with van der Waals surface area (Å²) in [6, 6.07) is 6.70. The van der Waals surface area contributed by atoms with Gasteiger partial charge in [-0.3, -0.25) is 14.6 Å². The van der Waals surface area contributed by atoms with Gasteiger partial charge in [-0.1, -0.05) is 25.5 Å². The van der Waals surface area contributed by atoms with E-state index in [1.807, 2.05) is 29.2 Å². The van der Waals surface area contributed by atoms with E-state index in [-0.39, 0.29) is 18.4 Å². The topological polar surface area (TPSA) is 106 Å². The van der Waals surface area contributed by atoms with Gasteiger partial charge in [-0.05, 0) is 30.5 Å². The lowest BCUT2D eigenvalue weighted by Crippen LogP contribution is -2.55. The van der Waals surface area contributed by atoms with E-state index >= 15 is 0 Å². The summed E-state index contributed by atoms with van der Waals surface area (Å²) in [7, 11) is 1.32. The molecule has 2 saturated heterocycles. The summed E-state index contributed by atoms with van der Waals surface area (Å²) in [6.07, 6.45) is 1.83. The van der Waals surface area contributed by atoms with Gasteiger partial charge >= 0.3 is 12.1 Å². The number of esters is 1. The van der Waals surface area contributed by atoms with Crippen LogP contribution in [0.15, 0.2) is 24.3 Å². The second kappa shape index (κ2) is 11.3. The Bertz CT molecular complexity index is 723. The Hall–Kier alpha value is -2.36. The number of hydrogen-bond acceptors (Lipinski definition) is 8. The van der Waals surface area contributed by atoms with E-state index in [4.69, 9.17) is 15.2 Å². The number of carbonyl (C=O) groups is 2. The number of nitrogens with one attached hydrogen (secondary N) is 1. The van der Waals surface area contributed by atoms with Gasteiger partial charge in [0.1, 0.15) is 18.4 Å². The van der Waals surface area contributed by atoms with Crippen LogP contribution in [0.4, 0.5) is 4.79 Å². The van der Waals surface area contributed by atoms with E-state index in [1.165, 1.54) is 7.11 Å². The van der Waals surface area contributed by atoms with Crippen molar-refractivity contribution in [3.8, 4) is 5.75 Å². The van der Waals surface area contributed by atoms with Gasteiger partial charge in [0.05, 0.1) is 19.8 Å². The van der Waals surface area contributed by atoms with Gasteiger partial charge in [0.15, 0.2) is 6.10 Å². The molecule has 31 heavy (non-hydrogen) atoms. The van der Waals surface area contributed by atoms with Crippen molar-refractivity contribution in [2.45, 2.75) is 44.5 Å². The third-order valence-electron chi connectivity index (χ3n) is 5.70. The van der Waals surface area contributed by atoms with E-state index in [2.05, 4.69) is 21.9 Å². The fraction of sp³-hybridized carbons (Fsp3) is 0.636. The van der Waals surface area contributed by atoms with Crippen LogP contribution < -0.4 is 15.8 Å². The van der Waals surface area contributed by atoms with Crippen LogP contribution >= 0.6 is 0 Å². The van der Waals surface area contributed by atoms with Gasteiger partial charge in [0.2, 0.25) is 0 Å². The van der Waals surface area contributed by atoms with Crippen LogP contribution in [0, 0.1) is 0 Å². The van der Waals surface area contributed by atoms with Gasteiger partial charge < -0.3 is 25.3 Å². The van der Waals surface area contributed by atoms with Gasteiger partial charge in [-0.25, -0.2) is 4.79 Å². The summed E-state index contributed by atoms with van der Waals surface area (Å²) in [6.45, 7) is 6.71. The van der Waals surface area contributed by atoms with Crippen LogP contribution in [-0.4, -0.2) is 86.6 Å². The molecule has 172 valence electrons. The van der Waals surface area contributed by atoms with E-state index in [0.29, 0.717) is 25.3 Å². The standard InChI is InChI=1S/C22H34N4O5/c1-3-4-20(25-11-9-24-10-12-25)26-14-18(31-22(26)28)15-30-17-7-5-16(6-8-17)13-19(23)21(27)29-2/h5-8,18-20,24H,3-4,9-15,23H2,1-2H3. The number of cyclic esters (lactones) is 1. The van der Waals surface area contributed by atoms with E-state index in [9.17, 15) is 9.59 Å². The molecule has 3 atom stereocenters. The van der Waals surface area contributed by atoms with Gasteiger partial charge in [-0.15, -0.1) is 0 Å². The van der Waals surface area contributed by atoms with Crippen molar-refractivity contribution in [2.75, 3.05) is 46.4 Å². The van der Waals surface area contributed by atoms with Crippen LogP contribution in [0.2, 0.25) is 0 Å². The molecule has 1 aromatic carbocycles. The molecular formula is C22H34N4O5. The van der Waals surface area contributed by atoms with E-state index in [1.54, 1.807) is 0 Å². The SMILES string of the molecule is CCCC(N1CCNCC1)N1CC(COc2ccc(CC(N)C(=O)OC)cc2)OC1=O. The molecule has 1 amide bonds. The number of carbonyl (C=O) groups excluding carboxylic acids is 2. The molecular weight excluding hydrogens is 400 g/mol. The minimum Gasteiger partial charge on any atom is -0.490 e. The van der Waals surface area contributed by atoms with Crippen molar-refractivity contribution in [3.05, 3.63) is 29.8 Å². The number of piperazine rings is 1. The highest BCUT2D eigenvalue weighted by atomic mass is 16.6. The van der Waals surface area contributed by atoms with Crippen LogP contribution in [0.5, 0.6) is 5.75 Å². The van der Waals surface area contributed by atoms with Crippen molar-refractivity contribution in [1.82, 2.24) is 15.1 Å². The van der Waals surface area contributed by atoms with Crippen LogP contribution in [0.3, 0.4) is 0 Å². The Balaban J connectivity index is 1.50. The van der Waals surface area contributed by atoms with E-state index < -0.39 is 12.0 Å². The zero-order valence-electron chi connectivity index (χ0n) is 18.4. The number of rotatable bonds is 10. The van der Waals surface area contributed by atoms with Gasteiger partial charge in [-0.2, -0.15) is 0 Å². The Labute approximate surface area is 183 Å². The highest BCUT2D eigenvalue weighted by Crippen LogP contribution is 2.22. The number of ether oxygens (including phenoxy) is 3. The lowest BCUT2D eigenvalue weighted by atomic mass is 10.1. The predicted molar refractivity (Wildman–Crippen MR) is 116 cm³/mol. The molecule has 0 bridgehead atoms. The lowest BCUT2D eigenvalue weighted by molar-refractivity contribution is -0.142. The fourth-order valence-electron chi connectivity index (χ4n) is 4.05. The maximum Gasteiger partial charge on any atom is 0.411 e. The minimum absolute atomic E-state index is 0.0721. The molecule has 2 heterocycles. The largest absolute Gasteiger partial charge is 0.490 e. The van der Waals surface area contributed by atoms with Crippen molar-refractivity contribution in [1.29, 1.82) is 0 Å². The summed E-state index contributed by atoms with van der Waals surface area (Å²) in [5.74, 6) is 0.243. The molecule has 2 aliphatic rings. The number of methoxy groups -OCH3 is 1. The zero-order valence-corrected chi connectivity index (χ0v) is 18.4. The summed E-state index contributed by atoms with van der Waals surface area (Å²) in [5.41, 5.74) is 6.72. The van der Waals surface area contributed by atoms with E-state index in [0.717, 1.165) is 44.6 Å². The molecule has 0 saturated carbocycles. The predicted octanol–water partition coefficient (Wildman–Crippen LogP) is 0.960. The number of amides is 1. The molecule has 0 radical (unpaired) electrons. The average Bonchev–Trinajstić information content (AvgIpc) is 3.17. The average molecular weight is 435 g/mol. The molecule has 3 N–H and O–H groups in total. The normalized spacial score (nSPS) is 21.5.